The van der Waals surface area contributed by atoms with Gasteiger partial charge in [0.1, 0.15) is 0 Å². The molecule has 0 aliphatic heterocycles. The van der Waals surface area contributed by atoms with Gasteiger partial charge in [0.2, 0.25) is 0 Å². The first kappa shape index (κ1) is 11.3. The number of aromatic nitrogens is 2. The van der Waals surface area contributed by atoms with Crippen LogP contribution in [-0.2, 0) is 6.18 Å². The van der Waals surface area contributed by atoms with Gasteiger partial charge < -0.3 is 16.0 Å². The predicted molar refractivity (Wildman–Crippen MR) is 57.4 cm³/mol. The normalized spacial score (nSPS) is 11.7. The molecule has 1 aromatic heterocycles. The lowest BCUT2D eigenvalue weighted by atomic mass is 10.1. The number of nitrogens with two attached hydrogens (primary N) is 2. The average molecular weight is 242 g/mol. The molecule has 0 aliphatic carbocycles. The van der Waals surface area contributed by atoms with E-state index in [0.29, 0.717) is 0 Å². The summed E-state index contributed by atoms with van der Waals surface area (Å²) in [4.78, 5) is 3.70. The number of imidazole rings is 1. The average Bonchev–Trinajstić information content (AvgIpc) is 2.73. The van der Waals surface area contributed by atoms with Crippen molar-refractivity contribution in [2.24, 2.45) is 0 Å². The minimum atomic E-state index is -4.50. The van der Waals surface area contributed by atoms with E-state index in [9.17, 15) is 13.2 Å². The lowest BCUT2D eigenvalue weighted by Gasteiger charge is -2.15. The number of alkyl halides is 3. The molecule has 0 atom stereocenters. The van der Waals surface area contributed by atoms with E-state index in [1.54, 1.807) is 0 Å². The summed E-state index contributed by atoms with van der Waals surface area (Å²) < 4.78 is 39.7. The van der Waals surface area contributed by atoms with Gasteiger partial charge in [0.15, 0.2) is 0 Å². The van der Waals surface area contributed by atoms with E-state index >= 15 is 0 Å². The highest BCUT2D eigenvalue weighted by molar-refractivity contribution is 5.69. The summed E-state index contributed by atoms with van der Waals surface area (Å²) >= 11 is 0. The number of nitrogen functional groups attached to an aromatic ring is 2. The molecule has 0 unspecified atom stereocenters. The Balaban J connectivity index is 2.69. The van der Waals surface area contributed by atoms with Crippen LogP contribution in [0.2, 0.25) is 0 Å². The van der Waals surface area contributed by atoms with Crippen LogP contribution in [0.4, 0.5) is 24.5 Å². The van der Waals surface area contributed by atoms with Gasteiger partial charge in [-0.15, -0.1) is 0 Å². The van der Waals surface area contributed by atoms with Gasteiger partial charge in [-0.1, -0.05) is 0 Å². The van der Waals surface area contributed by atoms with Gasteiger partial charge in [-0.05, 0) is 12.1 Å². The van der Waals surface area contributed by atoms with Crippen LogP contribution < -0.4 is 11.5 Å². The van der Waals surface area contributed by atoms with E-state index in [-0.39, 0.29) is 17.1 Å². The third-order valence-corrected chi connectivity index (χ3v) is 2.29. The van der Waals surface area contributed by atoms with Gasteiger partial charge in [0.05, 0.1) is 29.0 Å². The van der Waals surface area contributed by atoms with Crippen molar-refractivity contribution >= 4 is 11.4 Å². The minimum absolute atomic E-state index is 0.0956. The van der Waals surface area contributed by atoms with E-state index in [1.165, 1.54) is 29.4 Å². The van der Waals surface area contributed by atoms with Gasteiger partial charge in [0.25, 0.3) is 0 Å². The predicted octanol–water partition coefficient (Wildman–Crippen LogP) is 2.06. The quantitative estimate of drug-likeness (QED) is 0.752. The van der Waals surface area contributed by atoms with Crippen LogP contribution in [0.3, 0.4) is 0 Å². The second kappa shape index (κ2) is 3.69. The standard InChI is InChI=1S/C10H9F3N4/c11-10(12,13)6-3-7(14)8(15)4-9(6)17-2-1-16-5-17/h1-5H,14-15H2. The number of anilines is 2. The van der Waals surface area contributed by atoms with Gasteiger partial charge in [-0.25, -0.2) is 4.98 Å². The zero-order valence-corrected chi connectivity index (χ0v) is 8.57. The van der Waals surface area contributed by atoms with Crippen molar-refractivity contribution in [3.63, 3.8) is 0 Å². The molecule has 1 heterocycles. The molecule has 2 rings (SSSR count). The Morgan fingerprint density at radius 3 is 2.29 bits per heavy atom. The Morgan fingerprint density at radius 2 is 1.76 bits per heavy atom. The van der Waals surface area contributed by atoms with Gasteiger partial charge >= 0.3 is 6.18 Å². The summed E-state index contributed by atoms with van der Waals surface area (Å²) in [6.07, 6.45) is -0.450. The minimum Gasteiger partial charge on any atom is -0.397 e. The highest BCUT2D eigenvalue weighted by Gasteiger charge is 2.34. The maximum atomic E-state index is 12.8. The molecular formula is C10H9F3N4. The Kier molecular flexibility index (Phi) is 2.45. The van der Waals surface area contributed by atoms with E-state index < -0.39 is 11.7 Å². The Bertz CT molecular complexity index is 531. The maximum absolute atomic E-state index is 12.8. The first-order valence-electron chi connectivity index (χ1n) is 4.64. The lowest BCUT2D eigenvalue weighted by Crippen LogP contribution is -2.12. The molecule has 0 aliphatic rings. The zero-order chi connectivity index (χ0) is 12.6. The highest BCUT2D eigenvalue weighted by atomic mass is 19.4. The van der Waals surface area contributed by atoms with Crippen LogP contribution in [0, 0.1) is 0 Å². The monoisotopic (exact) mass is 242 g/mol. The van der Waals surface area contributed by atoms with Crippen LogP contribution in [0.5, 0.6) is 0 Å². The third kappa shape index (κ3) is 2.03. The molecule has 90 valence electrons. The molecule has 4 nitrogen and oxygen atoms in total. The van der Waals surface area contributed by atoms with Crippen molar-refractivity contribution in [1.82, 2.24) is 9.55 Å². The summed E-state index contributed by atoms with van der Waals surface area (Å²) in [6.45, 7) is 0. The molecule has 0 saturated heterocycles. The SMILES string of the molecule is Nc1cc(-n2ccnc2)c(C(F)(F)F)cc1N. The number of halogens is 3. The van der Waals surface area contributed by atoms with Crippen LogP contribution in [0.1, 0.15) is 5.56 Å². The second-order valence-electron chi connectivity index (χ2n) is 3.47. The summed E-state index contributed by atoms with van der Waals surface area (Å²) in [7, 11) is 0. The molecule has 7 heteroatoms. The molecule has 0 fully saturated rings. The first-order chi connectivity index (χ1) is 7.89. The summed E-state index contributed by atoms with van der Waals surface area (Å²) in [5.41, 5.74) is 9.96. The Morgan fingerprint density at radius 1 is 1.12 bits per heavy atom. The van der Waals surface area contributed by atoms with Crippen LogP contribution in [0.15, 0.2) is 30.9 Å². The molecule has 0 amide bonds. The topological polar surface area (TPSA) is 69.9 Å². The van der Waals surface area contributed by atoms with Crippen molar-refractivity contribution in [3.05, 3.63) is 36.4 Å². The molecule has 0 bridgehead atoms. The molecular weight excluding hydrogens is 233 g/mol. The number of rotatable bonds is 1. The van der Waals surface area contributed by atoms with E-state index in [2.05, 4.69) is 4.98 Å². The Hall–Kier alpha value is -2.18. The third-order valence-electron chi connectivity index (χ3n) is 2.29. The molecule has 0 spiro atoms. The van der Waals surface area contributed by atoms with Crippen molar-refractivity contribution in [2.45, 2.75) is 6.18 Å². The van der Waals surface area contributed by atoms with Crippen LogP contribution in [-0.4, -0.2) is 9.55 Å². The van der Waals surface area contributed by atoms with Gasteiger partial charge in [-0.2, -0.15) is 13.2 Å². The maximum Gasteiger partial charge on any atom is 0.418 e. The van der Waals surface area contributed by atoms with E-state index in [1.807, 2.05) is 0 Å². The number of benzene rings is 1. The van der Waals surface area contributed by atoms with Crippen molar-refractivity contribution in [3.8, 4) is 5.69 Å². The number of hydrogen-bond acceptors (Lipinski definition) is 3. The molecule has 2 aromatic rings. The molecule has 17 heavy (non-hydrogen) atoms. The fourth-order valence-corrected chi connectivity index (χ4v) is 1.46. The van der Waals surface area contributed by atoms with Crippen molar-refractivity contribution < 1.29 is 13.2 Å². The van der Waals surface area contributed by atoms with Crippen molar-refractivity contribution in [2.75, 3.05) is 11.5 Å². The summed E-state index contributed by atoms with van der Waals surface area (Å²) in [5.74, 6) is 0. The molecule has 1 aromatic carbocycles. The van der Waals surface area contributed by atoms with Gasteiger partial charge in [-0.3, -0.25) is 0 Å². The van der Waals surface area contributed by atoms with E-state index in [4.69, 9.17) is 11.5 Å². The summed E-state index contributed by atoms with van der Waals surface area (Å²) in [5, 5.41) is 0. The first-order valence-corrected chi connectivity index (χ1v) is 4.64. The van der Waals surface area contributed by atoms with Crippen LogP contribution in [0.25, 0.3) is 5.69 Å². The molecule has 0 saturated carbocycles. The van der Waals surface area contributed by atoms with Gasteiger partial charge in [0, 0.05) is 12.4 Å². The highest BCUT2D eigenvalue weighted by Crippen LogP contribution is 2.37. The zero-order valence-electron chi connectivity index (χ0n) is 8.57. The number of hydrogen-bond donors (Lipinski definition) is 2. The number of nitrogens with zero attached hydrogens (tertiary/aromatic N) is 2. The smallest absolute Gasteiger partial charge is 0.397 e. The second-order valence-corrected chi connectivity index (χ2v) is 3.47. The fraction of sp³-hybridized carbons (Fsp3) is 0.100. The largest absolute Gasteiger partial charge is 0.418 e. The lowest BCUT2D eigenvalue weighted by molar-refractivity contribution is -0.137. The Labute approximate surface area is 94.7 Å². The molecule has 0 radical (unpaired) electrons. The molecule has 4 N–H and O–H groups in total. The summed E-state index contributed by atoms with van der Waals surface area (Å²) in [6, 6.07) is 2.00. The van der Waals surface area contributed by atoms with Crippen LogP contribution >= 0.6 is 0 Å². The fourth-order valence-electron chi connectivity index (χ4n) is 1.46. The van der Waals surface area contributed by atoms with E-state index in [0.717, 1.165) is 6.07 Å². The van der Waals surface area contributed by atoms with Crippen molar-refractivity contribution in [1.29, 1.82) is 0 Å².